The molecule has 84 valence electrons. The first kappa shape index (κ1) is 9.90. The highest BCUT2D eigenvalue weighted by Gasteiger charge is 2.06. The SMILES string of the molecule is Cc1ccc2cc(-c3ccc(N)nc3)oc2c1. The number of hydrogen-bond donors (Lipinski definition) is 1. The van der Waals surface area contributed by atoms with Crippen LogP contribution in [-0.2, 0) is 0 Å². The van der Waals surface area contributed by atoms with Crippen molar-refractivity contribution >= 4 is 16.8 Å². The van der Waals surface area contributed by atoms with Gasteiger partial charge in [-0.05, 0) is 36.8 Å². The molecule has 17 heavy (non-hydrogen) atoms. The molecule has 2 aromatic heterocycles. The number of nitrogens with two attached hydrogens (primary N) is 1. The first-order valence-corrected chi connectivity index (χ1v) is 5.44. The molecule has 3 aromatic rings. The summed E-state index contributed by atoms with van der Waals surface area (Å²) < 4.78 is 5.79. The van der Waals surface area contributed by atoms with Gasteiger partial charge in [-0.25, -0.2) is 4.98 Å². The first-order valence-electron chi connectivity index (χ1n) is 5.44. The van der Waals surface area contributed by atoms with Crippen LogP contribution in [0, 0.1) is 6.92 Å². The minimum absolute atomic E-state index is 0.515. The Morgan fingerprint density at radius 2 is 2.00 bits per heavy atom. The Morgan fingerprint density at radius 3 is 2.76 bits per heavy atom. The van der Waals surface area contributed by atoms with Gasteiger partial charge >= 0.3 is 0 Å². The lowest BCUT2D eigenvalue weighted by Gasteiger charge is -1.95. The second-order valence-electron chi connectivity index (χ2n) is 4.12. The molecule has 3 rings (SSSR count). The smallest absolute Gasteiger partial charge is 0.136 e. The lowest BCUT2D eigenvalue weighted by atomic mass is 10.1. The summed E-state index contributed by atoms with van der Waals surface area (Å²) in [5.74, 6) is 1.33. The van der Waals surface area contributed by atoms with Gasteiger partial charge in [-0.15, -0.1) is 0 Å². The van der Waals surface area contributed by atoms with E-state index in [-0.39, 0.29) is 0 Å². The molecule has 0 saturated heterocycles. The summed E-state index contributed by atoms with van der Waals surface area (Å²) in [6.45, 7) is 2.05. The largest absolute Gasteiger partial charge is 0.456 e. The predicted octanol–water partition coefficient (Wildman–Crippen LogP) is 3.39. The molecular formula is C14H12N2O. The summed E-state index contributed by atoms with van der Waals surface area (Å²) in [6.07, 6.45) is 1.72. The number of nitrogens with zero attached hydrogens (tertiary/aromatic N) is 1. The molecule has 0 aliphatic heterocycles. The summed E-state index contributed by atoms with van der Waals surface area (Å²) in [4.78, 5) is 4.06. The third-order valence-corrected chi connectivity index (χ3v) is 2.75. The van der Waals surface area contributed by atoms with Crippen molar-refractivity contribution in [2.45, 2.75) is 6.92 Å². The van der Waals surface area contributed by atoms with E-state index in [0.717, 1.165) is 22.3 Å². The lowest BCUT2D eigenvalue weighted by Crippen LogP contribution is -1.87. The molecule has 3 nitrogen and oxygen atoms in total. The molecule has 2 heterocycles. The van der Waals surface area contributed by atoms with Crippen LogP contribution in [0.25, 0.3) is 22.3 Å². The quantitative estimate of drug-likeness (QED) is 0.689. The highest BCUT2D eigenvalue weighted by Crippen LogP contribution is 2.28. The summed E-state index contributed by atoms with van der Waals surface area (Å²) in [5, 5.41) is 1.10. The molecule has 0 aliphatic carbocycles. The second-order valence-corrected chi connectivity index (χ2v) is 4.12. The highest BCUT2D eigenvalue weighted by molar-refractivity contribution is 5.83. The number of furan rings is 1. The molecule has 0 unspecified atom stereocenters. The number of nitrogen functional groups attached to an aromatic ring is 1. The van der Waals surface area contributed by atoms with Gasteiger partial charge < -0.3 is 10.2 Å². The van der Waals surface area contributed by atoms with Gasteiger partial charge in [0.15, 0.2) is 0 Å². The van der Waals surface area contributed by atoms with Crippen LogP contribution in [0.4, 0.5) is 5.82 Å². The second kappa shape index (κ2) is 3.63. The minimum Gasteiger partial charge on any atom is -0.456 e. The van der Waals surface area contributed by atoms with Crippen molar-refractivity contribution < 1.29 is 4.42 Å². The number of benzene rings is 1. The van der Waals surface area contributed by atoms with Crippen LogP contribution >= 0.6 is 0 Å². The van der Waals surface area contributed by atoms with E-state index >= 15 is 0 Å². The maximum Gasteiger partial charge on any atom is 0.136 e. The third kappa shape index (κ3) is 1.76. The number of fused-ring (bicyclic) bond motifs is 1. The minimum atomic E-state index is 0.515. The van der Waals surface area contributed by atoms with Crippen LogP contribution in [0.2, 0.25) is 0 Å². The topological polar surface area (TPSA) is 52.0 Å². The molecule has 0 aliphatic rings. The first-order chi connectivity index (χ1) is 8.22. The van der Waals surface area contributed by atoms with Crippen LogP contribution < -0.4 is 5.73 Å². The normalized spacial score (nSPS) is 10.9. The van der Waals surface area contributed by atoms with E-state index in [1.54, 1.807) is 12.3 Å². The van der Waals surface area contributed by atoms with Gasteiger partial charge in [0.25, 0.3) is 0 Å². The predicted molar refractivity (Wildman–Crippen MR) is 68.6 cm³/mol. The molecule has 0 spiro atoms. The molecule has 0 amide bonds. The Hall–Kier alpha value is -2.29. The molecule has 0 saturated carbocycles. The van der Waals surface area contributed by atoms with E-state index in [1.165, 1.54) is 5.56 Å². The number of rotatable bonds is 1. The fraction of sp³-hybridized carbons (Fsp3) is 0.0714. The maximum atomic E-state index is 5.79. The molecule has 2 N–H and O–H groups in total. The maximum absolute atomic E-state index is 5.79. The fourth-order valence-corrected chi connectivity index (χ4v) is 1.83. The van der Waals surface area contributed by atoms with Crippen molar-refractivity contribution in [3.05, 3.63) is 48.2 Å². The summed E-state index contributed by atoms with van der Waals surface area (Å²) in [5.41, 5.74) is 8.58. The van der Waals surface area contributed by atoms with Crippen LogP contribution in [0.1, 0.15) is 5.56 Å². The van der Waals surface area contributed by atoms with Gasteiger partial charge in [0, 0.05) is 17.1 Å². The van der Waals surface area contributed by atoms with E-state index in [1.807, 2.05) is 25.1 Å². The number of hydrogen-bond acceptors (Lipinski definition) is 3. The van der Waals surface area contributed by atoms with Gasteiger partial charge in [-0.3, -0.25) is 0 Å². The van der Waals surface area contributed by atoms with Gasteiger partial charge in [0.1, 0.15) is 17.2 Å². The Kier molecular flexibility index (Phi) is 2.11. The van der Waals surface area contributed by atoms with E-state index in [9.17, 15) is 0 Å². The van der Waals surface area contributed by atoms with Crippen molar-refractivity contribution in [2.24, 2.45) is 0 Å². The van der Waals surface area contributed by atoms with Gasteiger partial charge in [0.05, 0.1) is 0 Å². The number of aryl methyl sites for hydroxylation is 1. The molecule has 0 bridgehead atoms. The van der Waals surface area contributed by atoms with E-state index in [2.05, 4.69) is 17.1 Å². The molecule has 3 heteroatoms. The molecule has 1 aromatic carbocycles. The zero-order valence-corrected chi connectivity index (χ0v) is 9.47. The van der Waals surface area contributed by atoms with Gasteiger partial charge in [0.2, 0.25) is 0 Å². The zero-order valence-electron chi connectivity index (χ0n) is 9.47. The standard InChI is InChI=1S/C14H12N2O/c1-9-2-3-10-7-13(17-12(10)6-9)11-4-5-14(15)16-8-11/h2-8H,1H3,(H2,15,16). The highest BCUT2D eigenvalue weighted by atomic mass is 16.3. The van der Waals surface area contributed by atoms with E-state index < -0.39 is 0 Å². The summed E-state index contributed by atoms with van der Waals surface area (Å²) >= 11 is 0. The van der Waals surface area contributed by atoms with E-state index in [0.29, 0.717) is 5.82 Å². The lowest BCUT2D eigenvalue weighted by molar-refractivity contribution is 0.631. The number of aromatic nitrogens is 1. The van der Waals surface area contributed by atoms with E-state index in [4.69, 9.17) is 10.2 Å². The Bertz CT molecular complexity index is 668. The summed E-state index contributed by atoms with van der Waals surface area (Å²) in [7, 11) is 0. The van der Waals surface area contributed by atoms with Crippen molar-refractivity contribution in [3.8, 4) is 11.3 Å². The number of pyridine rings is 1. The van der Waals surface area contributed by atoms with Gasteiger partial charge in [-0.1, -0.05) is 12.1 Å². The Balaban J connectivity index is 2.14. The van der Waals surface area contributed by atoms with Crippen LogP contribution in [0.5, 0.6) is 0 Å². The third-order valence-electron chi connectivity index (χ3n) is 2.75. The van der Waals surface area contributed by atoms with Crippen LogP contribution in [0.3, 0.4) is 0 Å². The van der Waals surface area contributed by atoms with Crippen LogP contribution in [-0.4, -0.2) is 4.98 Å². The van der Waals surface area contributed by atoms with Crippen molar-refractivity contribution in [1.82, 2.24) is 4.98 Å². The Morgan fingerprint density at radius 1 is 1.12 bits per heavy atom. The monoisotopic (exact) mass is 224 g/mol. The van der Waals surface area contributed by atoms with Crippen molar-refractivity contribution in [1.29, 1.82) is 0 Å². The average molecular weight is 224 g/mol. The fourth-order valence-electron chi connectivity index (χ4n) is 1.83. The Labute approximate surface area is 98.9 Å². The molecule has 0 fully saturated rings. The van der Waals surface area contributed by atoms with Gasteiger partial charge in [-0.2, -0.15) is 0 Å². The zero-order chi connectivity index (χ0) is 11.8. The number of anilines is 1. The summed E-state index contributed by atoms with van der Waals surface area (Å²) in [6, 6.07) is 11.9. The average Bonchev–Trinajstić information content (AvgIpc) is 2.72. The molecule has 0 atom stereocenters. The molecule has 0 radical (unpaired) electrons. The van der Waals surface area contributed by atoms with Crippen LogP contribution in [0.15, 0.2) is 47.0 Å². The van der Waals surface area contributed by atoms with Crippen molar-refractivity contribution in [2.75, 3.05) is 5.73 Å². The molecular weight excluding hydrogens is 212 g/mol. The van der Waals surface area contributed by atoms with Crippen molar-refractivity contribution in [3.63, 3.8) is 0 Å².